The smallest absolute Gasteiger partial charge is 0.125 e. The molecular weight excluding hydrogens is 294 g/mol. The molecule has 1 aliphatic heterocycles. The van der Waals surface area contributed by atoms with Gasteiger partial charge in [0.05, 0.1) is 12.2 Å². The molecule has 1 saturated heterocycles. The summed E-state index contributed by atoms with van der Waals surface area (Å²) in [6.07, 6.45) is 0. The molecule has 2 aromatic rings. The van der Waals surface area contributed by atoms with Crippen LogP contribution in [0.4, 0.5) is 0 Å². The Kier molecular flexibility index (Phi) is 4.76. The maximum atomic E-state index is 9.92. The van der Waals surface area contributed by atoms with Crippen LogP contribution in [-0.4, -0.2) is 52.1 Å². The summed E-state index contributed by atoms with van der Waals surface area (Å²) in [5.74, 6) is 0.296. The maximum Gasteiger partial charge on any atom is 0.125 e. The number of benzene rings is 1. The van der Waals surface area contributed by atoms with E-state index in [0.717, 1.165) is 49.0 Å². The Morgan fingerprint density at radius 1 is 1.18 bits per heavy atom. The van der Waals surface area contributed by atoms with Crippen LogP contribution in [0.5, 0.6) is 5.75 Å². The zero-order chi connectivity index (χ0) is 15.5. The highest BCUT2D eigenvalue weighted by molar-refractivity contribution is 7.09. The van der Waals surface area contributed by atoms with Crippen molar-refractivity contribution in [1.82, 2.24) is 14.8 Å². The third-order valence-corrected chi connectivity index (χ3v) is 5.06. The van der Waals surface area contributed by atoms with Gasteiger partial charge in [-0.3, -0.25) is 9.80 Å². The number of para-hydroxylation sites is 1. The molecule has 0 amide bonds. The van der Waals surface area contributed by atoms with Gasteiger partial charge in [-0.15, -0.1) is 11.3 Å². The molecule has 22 heavy (non-hydrogen) atoms. The van der Waals surface area contributed by atoms with Crippen LogP contribution in [-0.2, 0) is 6.54 Å². The van der Waals surface area contributed by atoms with Crippen molar-refractivity contribution in [2.45, 2.75) is 26.4 Å². The Bertz CT molecular complexity index is 618. The summed E-state index contributed by atoms with van der Waals surface area (Å²) in [7, 11) is 0. The van der Waals surface area contributed by atoms with Crippen molar-refractivity contribution in [2.75, 3.05) is 26.2 Å². The molecule has 118 valence electrons. The molecule has 0 atom stereocenters. The van der Waals surface area contributed by atoms with Gasteiger partial charge in [0.2, 0.25) is 0 Å². The molecule has 1 aromatic carbocycles. The van der Waals surface area contributed by atoms with Gasteiger partial charge in [-0.2, -0.15) is 0 Å². The molecule has 1 N–H and O–H groups in total. The molecule has 4 nitrogen and oxygen atoms in total. The Morgan fingerprint density at radius 2 is 1.91 bits per heavy atom. The Balaban J connectivity index is 1.62. The second-order valence-corrected chi connectivity index (χ2v) is 6.99. The van der Waals surface area contributed by atoms with E-state index in [4.69, 9.17) is 4.98 Å². The first-order valence-corrected chi connectivity index (χ1v) is 8.70. The van der Waals surface area contributed by atoms with Crippen LogP contribution in [0.3, 0.4) is 0 Å². The van der Waals surface area contributed by atoms with Crippen molar-refractivity contribution in [3.8, 4) is 17.0 Å². The van der Waals surface area contributed by atoms with Crippen molar-refractivity contribution in [3.63, 3.8) is 0 Å². The Labute approximate surface area is 136 Å². The monoisotopic (exact) mass is 317 g/mol. The van der Waals surface area contributed by atoms with E-state index in [1.807, 2.05) is 23.6 Å². The minimum Gasteiger partial charge on any atom is -0.507 e. The normalized spacial score (nSPS) is 17.2. The van der Waals surface area contributed by atoms with E-state index >= 15 is 0 Å². The average Bonchev–Trinajstić information content (AvgIpc) is 2.96. The summed E-state index contributed by atoms with van der Waals surface area (Å²) in [4.78, 5) is 9.68. The minimum atomic E-state index is 0.296. The summed E-state index contributed by atoms with van der Waals surface area (Å²) in [6.45, 7) is 9.90. The fraction of sp³-hybridized carbons (Fsp3) is 0.471. The fourth-order valence-electron chi connectivity index (χ4n) is 2.83. The maximum absolute atomic E-state index is 9.92. The Morgan fingerprint density at radius 3 is 2.59 bits per heavy atom. The first-order chi connectivity index (χ1) is 10.6. The second kappa shape index (κ2) is 6.77. The van der Waals surface area contributed by atoms with E-state index in [0.29, 0.717) is 11.8 Å². The standard InChI is InChI=1S/C17H23N3OS/c1-13(2)20-9-7-19(8-10-20)11-17-18-15(12-22-17)14-5-3-4-6-16(14)21/h3-6,12-13,21H,7-11H2,1-2H3. The molecule has 3 rings (SSSR count). The van der Waals surface area contributed by atoms with Gasteiger partial charge in [-0.1, -0.05) is 12.1 Å². The summed E-state index contributed by atoms with van der Waals surface area (Å²) in [5.41, 5.74) is 1.69. The predicted octanol–water partition coefficient (Wildman–Crippen LogP) is 3.04. The topological polar surface area (TPSA) is 39.6 Å². The van der Waals surface area contributed by atoms with Crippen LogP contribution in [0.15, 0.2) is 29.6 Å². The van der Waals surface area contributed by atoms with Crippen LogP contribution < -0.4 is 0 Å². The lowest BCUT2D eigenvalue weighted by Gasteiger charge is -2.36. The second-order valence-electron chi connectivity index (χ2n) is 6.05. The summed E-state index contributed by atoms with van der Waals surface area (Å²) >= 11 is 1.68. The summed E-state index contributed by atoms with van der Waals surface area (Å²) in [5, 5.41) is 13.1. The van der Waals surface area contributed by atoms with Crippen molar-refractivity contribution in [1.29, 1.82) is 0 Å². The third-order valence-electron chi connectivity index (χ3n) is 4.23. The quantitative estimate of drug-likeness (QED) is 0.941. The molecule has 0 aliphatic carbocycles. The molecule has 0 saturated carbocycles. The molecule has 1 fully saturated rings. The number of aromatic hydroxyl groups is 1. The van der Waals surface area contributed by atoms with Crippen LogP contribution >= 0.6 is 11.3 Å². The lowest BCUT2D eigenvalue weighted by Crippen LogP contribution is -2.48. The minimum absolute atomic E-state index is 0.296. The van der Waals surface area contributed by atoms with Crippen molar-refractivity contribution >= 4 is 11.3 Å². The number of hydrogen-bond acceptors (Lipinski definition) is 5. The van der Waals surface area contributed by atoms with E-state index in [-0.39, 0.29) is 0 Å². The molecule has 0 unspecified atom stereocenters. The van der Waals surface area contributed by atoms with E-state index < -0.39 is 0 Å². The van der Waals surface area contributed by atoms with Crippen LogP contribution in [0.25, 0.3) is 11.3 Å². The largest absolute Gasteiger partial charge is 0.507 e. The van der Waals surface area contributed by atoms with Gasteiger partial charge >= 0.3 is 0 Å². The summed E-state index contributed by atoms with van der Waals surface area (Å²) in [6, 6.07) is 8.02. The average molecular weight is 317 g/mol. The first kappa shape index (κ1) is 15.5. The SMILES string of the molecule is CC(C)N1CCN(Cc2nc(-c3ccccc3O)cs2)CC1. The highest BCUT2D eigenvalue weighted by Crippen LogP contribution is 2.29. The molecule has 2 heterocycles. The number of piperazine rings is 1. The van der Waals surface area contributed by atoms with E-state index in [1.165, 1.54) is 0 Å². The van der Waals surface area contributed by atoms with Gasteiger partial charge in [0.15, 0.2) is 0 Å². The van der Waals surface area contributed by atoms with Crippen LogP contribution in [0, 0.1) is 0 Å². The summed E-state index contributed by atoms with van der Waals surface area (Å²) < 4.78 is 0. The molecular formula is C17H23N3OS. The van der Waals surface area contributed by atoms with Gasteiger partial charge < -0.3 is 5.11 Å². The number of aromatic nitrogens is 1. The van der Waals surface area contributed by atoms with Crippen LogP contribution in [0.2, 0.25) is 0 Å². The predicted molar refractivity (Wildman–Crippen MR) is 91.2 cm³/mol. The lowest BCUT2D eigenvalue weighted by atomic mass is 10.1. The van der Waals surface area contributed by atoms with Crippen molar-refractivity contribution in [3.05, 3.63) is 34.7 Å². The van der Waals surface area contributed by atoms with E-state index in [9.17, 15) is 5.11 Å². The number of thiazole rings is 1. The van der Waals surface area contributed by atoms with Gasteiger partial charge in [0.25, 0.3) is 0 Å². The number of nitrogens with zero attached hydrogens (tertiary/aromatic N) is 3. The van der Waals surface area contributed by atoms with E-state index in [2.05, 4.69) is 23.6 Å². The third kappa shape index (κ3) is 3.48. The van der Waals surface area contributed by atoms with Gasteiger partial charge in [0, 0.05) is 43.2 Å². The van der Waals surface area contributed by atoms with Crippen molar-refractivity contribution in [2.24, 2.45) is 0 Å². The van der Waals surface area contributed by atoms with Gasteiger partial charge in [-0.25, -0.2) is 4.98 Å². The first-order valence-electron chi connectivity index (χ1n) is 7.82. The highest BCUT2D eigenvalue weighted by Gasteiger charge is 2.19. The molecule has 5 heteroatoms. The number of hydrogen-bond donors (Lipinski definition) is 1. The number of phenols is 1. The van der Waals surface area contributed by atoms with Crippen LogP contribution in [0.1, 0.15) is 18.9 Å². The van der Waals surface area contributed by atoms with Gasteiger partial charge in [-0.05, 0) is 26.0 Å². The fourth-order valence-corrected chi connectivity index (χ4v) is 3.66. The van der Waals surface area contributed by atoms with Crippen molar-refractivity contribution < 1.29 is 5.11 Å². The Hall–Kier alpha value is -1.43. The lowest BCUT2D eigenvalue weighted by molar-refractivity contribution is 0.104. The molecule has 0 spiro atoms. The molecule has 1 aliphatic rings. The molecule has 0 radical (unpaired) electrons. The van der Waals surface area contributed by atoms with E-state index in [1.54, 1.807) is 17.4 Å². The zero-order valence-electron chi connectivity index (χ0n) is 13.2. The number of rotatable bonds is 4. The molecule has 1 aromatic heterocycles. The highest BCUT2D eigenvalue weighted by atomic mass is 32.1. The van der Waals surface area contributed by atoms with Gasteiger partial charge in [0.1, 0.15) is 10.8 Å². The zero-order valence-corrected chi connectivity index (χ0v) is 14.0. The number of phenolic OH excluding ortho intramolecular Hbond substituents is 1. The molecule has 0 bridgehead atoms.